The Hall–Kier alpha value is -2.99. The van der Waals surface area contributed by atoms with Crippen molar-refractivity contribution in [3.8, 4) is 11.5 Å². The lowest BCUT2D eigenvalue weighted by atomic mass is 10.0. The summed E-state index contributed by atoms with van der Waals surface area (Å²) in [5, 5.41) is 20.1. The highest BCUT2D eigenvalue weighted by Crippen LogP contribution is 2.37. The van der Waals surface area contributed by atoms with Gasteiger partial charge < -0.3 is 19.5 Å². The number of imidazole rings is 1. The van der Waals surface area contributed by atoms with Crippen molar-refractivity contribution < 1.29 is 19.7 Å². The molecule has 29 heavy (non-hydrogen) atoms. The summed E-state index contributed by atoms with van der Waals surface area (Å²) in [4.78, 5) is 16.5. The number of aryl methyl sites for hydroxylation is 2. The van der Waals surface area contributed by atoms with Gasteiger partial charge in [-0.2, -0.15) is 0 Å². The van der Waals surface area contributed by atoms with Gasteiger partial charge in [-0.05, 0) is 29.5 Å². The molecule has 0 aliphatic heterocycles. The van der Waals surface area contributed by atoms with Crippen LogP contribution in [0.25, 0.3) is 0 Å². The molecule has 6 nitrogen and oxygen atoms in total. The Balaban J connectivity index is 1.83. The largest absolute Gasteiger partial charge is 0.507 e. The van der Waals surface area contributed by atoms with Gasteiger partial charge in [0.15, 0.2) is 0 Å². The van der Waals surface area contributed by atoms with Gasteiger partial charge in [0.25, 0.3) is 0 Å². The van der Waals surface area contributed by atoms with Crippen LogP contribution in [0.3, 0.4) is 0 Å². The number of ether oxygens (including phenoxy) is 1. The number of nitrogens with zero attached hydrogens (tertiary/aromatic N) is 2. The van der Waals surface area contributed by atoms with Crippen molar-refractivity contribution in [2.75, 3.05) is 7.11 Å². The molecule has 2 N–H and O–H groups in total. The smallest absolute Gasteiger partial charge is 0.341 e. The molecule has 0 radical (unpaired) electrons. The van der Waals surface area contributed by atoms with E-state index in [4.69, 9.17) is 16.3 Å². The lowest BCUT2D eigenvalue weighted by Crippen LogP contribution is -2.10. The fourth-order valence-electron chi connectivity index (χ4n) is 3.27. The first kappa shape index (κ1) is 20.7. The molecule has 7 heteroatoms. The molecule has 2 aromatic carbocycles. The molecule has 1 aromatic heterocycles. The number of carbonyl (C=O) groups is 1. The Morgan fingerprint density at radius 1 is 1.14 bits per heavy atom. The zero-order valence-electron chi connectivity index (χ0n) is 16.4. The number of aromatic nitrogens is 2. The van der Waals surface area contributed by atoms with E-state index in [1.165, 1.54) is 12.7 Å². The van der Waals surface area contributed by atoms with Crippen molar-refractivity contribution in [2.45, 2.75) is 32.7 Å². The standard InChI is InChI=1S/C22H23ClN2O4/c1-3-14-4-6-15(7-5-14)13-25-11-10-24-19(25)9-8-16-20(22(28)29-2)17(26)12-18(27)21(16)23/h4-7,10-12,26-27H,3,8-9,13H2,1-2H3. The first-order chi connectivity index (χ1) is 13.9. The van der Waals surface area contributed by atoms with Gasteiger partial charge in [0, 0.05) is 31.4 Å². The third-order valence-corrected chi connectivity index (χ3v) is 5.32. The number of halogens is 1. The van der Waals surface area contributed by atoms with Crippen LogP contribution in [-0.4, -0.2) is 32.8 Å². The molecule has 0 saturated heterocycles. The van der Waals surface area contributed by atoms with Gasteiger partial charge in [0.1, 0.15) is 22.9 Å². The first-order valence-corrected chi connectivity index (χ1v) is 9.71. The minimum atomic E-state index is -0.709. The van der Waals surface area contributed by atoms with E-state index in [-0.39, 0.29) is 22.1 Å². The van der Waals surface area contributed by atoms with Crippen molar-refractivity contribution in [3.05, 3.63) is 75.8 Å². The Labute approximate surface area is 174 Å². The summed E-state index contributed by atoms with van der Waals surface area (Å²) in [5.74, 6) is -0.558. The molecule has 0 unspecified atom stereocenters. The number of rotatable bonds is 7. The molecule has 0 aliphatic carbocycles. The lowest BCUT2D eigenvalue weighted by molar-refractivity contribution is 0.0596. The van der Waals surface area contributed by atoms with Crippen LogP contribution in [-0.2, 0) is 30.5 Å². The zero-order chi connectivity index (χ0) is 21.0. The molecule has 0 saturated carbocycles. The number of hydrogen-bond donors (Lipinski definition) is 2. The van der Waals surface area contributed by atoms with E-state index in [0.29, 0.717) is 24.9 Å². The number of phenols is 2. The van der Waals surface area contributed by atoms with Gasteiger partial charge in [-0.1, -0.05) is 42.8 Å². The third kappa shape index (κ3) is 4.54. The van der Waals surface area contributed by atoms with Crippen LogP contribution in [0.5, 0.6) is 11.5 Å². The number of benzene rings is 2. The van der Waals surface area contributed by atoms with E-state index in [9.17, 15) is 15.0 Å². The van der Waals surface area contributed by atoms with E-state index in [1.807, 2.05) is 10.8 Å². The van der Waals surface area contributed by atoms with Gasteiger partial charge in [0.05, 0.1) is 12.1 Å². The van der Waals surface area contributed by atoms with Gasteiger partial charge in [-0.15, -0.1) is 0 Å². The van der Waals surface area contributed by atoms with Gasteiger partial charge in [0.2, 0.25) is 0 Å². The normalized spacial score (nSPS) is 10.9. The molecular formula is C22H23ClN2O4. The van der Waals surface area contributed by atoms with Crippen LogP contribution in [0.1, 0.15) is 39.8 Å². The van der Waals surface area contributed by atoms with Crippen LogP contribution in [0.15, 0.2) is 42.7 Å². The summed E-state index contributed by atoms with van der Waals surface area (Å²) in [7, 11) is 1.23. The molecular weight excluding hydrogens is 392 g/mol. The number of hydrogen-bond acceptors (Lipinski definition) is 5. The van der Waals surface area contributed by atoms with E-state index in [0.717, 1.165) is 23.9 Å². The average molecular weight is 415 g/mol. The number of phenolic OH excluding ortho intramolecular Hbond substituents is 2. The predicted octanol–water partition coefficient (Wildman–Crippen LogP) is 4.13. The quantitative estimate of drug-likeness (QED) is 0.568. The third-order valence-electron chi connectivity index (χ3n) is 4.90. The minimum absolute atomic E-state index is 0.0245. The Bertz CT molecular complexity index is 1010. The van der Waals surface area contributed by atoms with Crippen LogP contribution in [0.4, 0.5) is 0 Å². The van der Waals surface area contributed by atoms with E-state index in [2.05, 4.69) is 36.2 Å². The molecule has 3 rings (SSSR count). The van der Waals surface area contributed by atoms with Gasteiger partial charge in [-0.25, -0.2) is 9.78 Å². The fourth-order valence-corrected chi connectivity index (χ4v) is 3.52. The van der Waals surface area contributed by atoms with Crippen molar-refractivity contribution in [1.29, 1.82) is 0 Å². The summed E-state index contributed by atoms with van der Waals surface area (Å²) in [6.07, 6.45) is 5.38. The Morgan fingerprint density at radius 2 is 1.83 bits per heavy atom. The molecule has 0 fully saturated rings. The SMILES string of the molecule is CCc1ccc(Cn2ccnc2CCc2c(Cl)c(O)cc(O)c2C(=O)OC)cc1. The van der Waals surface area contributed by atoms with Crippen LogP contribution < -0.4 is 0 Å². The van der Waals surface area contributed by atoms with Crippen molar-refractivity contribution in [3.63, 3.8) is 0 Å². The highest BCUT2D eigenvalue weighted by atomic mass is 35.5. The molecule has 3 aromatic rings. The summed E-state index contributed by atoms with van der Waals surface area (Å²) >= 11 is 6.21. The van der Waals surface area contributed by atoms with Crippen LogP contribution in [0.2, 0.25) is 5.02 Å². The first-order valence-electron chi connectivity index (χ1n) is 9.34. The molecule has 0 spiro atoms. The molecule has 0 amide bonds. The summed E-state index contributed by atoms with van der Waals surface area (Å²) in [5.41, 5.74) is 2.74. The van der Waals surface area contributed by atoms with Crippen LogP contribution >= 0.6 is 11.6 Å². The predicted molar refractivity (Wildman–Crippen MR) is 111 cm³/mol. The second-order valence-corrected chi connectivity index (χ2v) is 7.09. The van der Waals surface area contributed by atoms with Crippen LogP contribution in [0, 0.1) is 0 Å². The van der Waals surface area contributed by atoms with Crippen molar-refractivity contribution in [1.82, 2.24) is 9.55 Å². The Kier molecular flexibility index (Phi) is 6.44. The van der Waals surface area contributed by atoms with E-state index < -0.39 is 5.97 Å². The minimum Gasteiger partial charge on any atom is -0.507 e. The van der Waals surface area contributed by atoms with E-state index >= 15 is 0 Å². The molecule has 1 heterocycles. The number of carbonyl (C=O) groups excluding carboxylic acids is 1. The zero-order valence-corrected chi connectivity index (χ0v) is 17.1. The van der Waals surface area contributed by atoms with E-state index in [1.54, 1.807) is 6.20 Å². The highest BCUT2D eigenvalue weighted by Gasteiger charge is 2.23. The fraction of sp³-hybridized carbons (Fsp3) is 0.273. The number of methoxy groups -OCH3 is 1. The van der Waals surface area contributed by atoms with Crippen molar-refractivity contribution >= 4 is 17.6 Å². The summed E-state index contributed by atoms with van der Waals surface area (Å²) < 4.78 is 6.77. The second-order valence-electron chi connectivity index (χ2n) is 6.72. The van der Waals surface area contributed by atoms with Gasteiger partial charge >= 0.3 is 5.97 Å². The maximum Gasteiger partial charge on any atom is 0.341 e. The molecule has 0 atom stereocenters. The second kappa shape index (κ2) is 9.01. The molecule has 152 valence electrons. The molecule has 0 aliphatic rings. The summed E-state index contributed by atoms with van der Waals surface area (Å²) in [6, 6.07) is 9.47. The maximum absolute atomic E-state index is 12.1. The lowest BCUT2D eigenvalue weighted by Gasteiger charge is -2.14. The topological polar surface area (TPSA) is 84.6 Å². The monoisotopic (exact) mass is 414 g/mol. The van der Waals surface area contributed by atoms with Gasteiger partial charge in [-0.3, -0.25) is 0 Å². The highest BCUT2D eigenvalue weighted by molar-refractivity contribution is 6.33. The molecule has 0 bridgehead atoms. The Morgan fingerprint density at radius 3 is 2.48 bits per heavy atom. The van der Waals surface area contributed by atoms with Crippen molar-refractivity contribution in [2.24, 2.45) is 0 Å². The summed E-state index contributed by atoms with van der Waals surface area (Å²) in [6.45, 7) is 2.79. The number of aromatic hydroxyl groups is 2. The number of esters is 1. The maximum atomic E-state index is 12.1. The average Bonchev–Trinajstić information content (AvgIpc) is 3.16.